The van der Waals surface area contributed by atoms with Crippen LogP contribution in [0.5, 0.6) is 0 Å². The van der Waals surface area contributed by atoms with Crippen molar-refractivity contribution in [3.8, 4) is 6.07 Å². The molecule has 2 aromatic heterocycles. The number of fused-ring (bicyclic) bond motifs is 1. The summed E-state index contributed by atoms with van der Waals surface area (Å²) < 4.78 is 46.5. The molecule has 0 spiro atoms. The Morgan fingerprint density at radius 3 is 2.19 bits per heavy atom. The van der Waals surface area contributed by atoms with Gasteiger partial charge in [-0.2, -0.15) is 10.4 Å². The van der Waals surface area contributed by atoms with Gasteiger partial charge in [-0.05, 0) is 37.8 Å². The summed E-state index contributed by atoms with van der Waals surface area (Å²) in [5, 5.41) is 35.9. The highest BCUT2D eigenvalue weighted by atomic mass is 31.2. The second-order valence-corrected chi connectivity index (χ2v) is 12.4. The van der Waals surface area contributed by atoms with Gasteiger partial charge in [0.25, 0.3) is 0 Å². The van der Waals surface area contributed by atoms with Gasteiger partial charge in [0.1, 0.15) is 36.2 Å². The quantitative estimate of drug-likeness (QED) is 0.174. The van der Waals surface area contributed by atoms with Crippen molar-refractivity contribution in [2.45, 2.75) is 75.3 Å². The summed E-state index contributed by atoms with van der Waals surface area (Å²) in [6, 6.07) is 4.85. The number of nitrogen functional groups attached to an aromatic ring is 1. The fourth-order valence-electron chi connectivity index (χ4n) is 5.68. The molecule has 234 valence electrons. The number of nitrogens with zero attached hydrogens (tertiary/aromatic N) is 4. The second kappa shape index (κ2) is 13.2. The Morgan fingerprint density at radius 2 is 1.63 bits per heavy atom. The van der Waals surface area contributed by atoms with Crippen LogP contribution < -0.4 is 5.73 Å². The molecule has 0 radical (unpaired) electrons. The summed E-state index contributed by atoms with van der Waals surface area (Å²) in [5.41, 5.74) is 4.14. The monoisotopic (exact) mass is 623 g/mol. The maximum absolute atomic E-state index is 13.5. The molecule has 2 aromatic rings. The van der Waals surface area contributed by atoms with E-state index in [4.69, 9.17) is 33.5 Å². The fourth-order valence-corrected chi connectivity index (χ4v) is 6.60. The van der Waals surface area contributed by atoms with E-state index in [0.717, 1.165) is 32.0 Å². The lowest BCUT2D eigenvalue weighted by Crippen LogP contribution is -2.41. The molecule has 3 heterocycles. The number of carbonyl (C=O) groups excluding carboxylic acids is 2. The van der Waals surface area contributed by atoms with Gasteiger partial charge in [-0.15, -0.1) is 0 Å². The molecule has 3 fully saturated rings. The maximum Gasteiger partial charge on any atom is 0.480 e. The van der Waals surface area contributed by atoms with Crippen molar-refractivity contribution in [3.63, 3.8) is 0 Å². The third-order valence-electron chi connectivity index (χ3n) is 8.08. The first-order valence-electron chi connectivity index (χ1n) is 14.1. The van der Waals surface area contributed by atoms with Crippen LogP contribution in [-0.2, 0) is 47.5 Å². The van der Waals surface area contributed by atoms with Crippen LogP contribution >= 0.6 is 7.82 Å². The number of phosphoric acid groups is 1. The number of carbonyl (C=O) groups is 2. The molecule has 1 aliphatic heterocycles. The molecule has 4 N–H and O–H groups in total. The van der Waals surface area contributed by atoms with Gasteiger partial charge >= 0.3 is 19.8 Å². The molecule has 0 amide bonds. The van der Waals surface area contributed by atoms with E-state index in [0.29, 0.717) is 31.2 Å². The number of hydrogen-bond donors (Lipinski definition) is 3. The topological polar surface area (TPSA) is 227 Å². The summed E-state index contributed by atoms with van der Waals surface area (Å²) in [7, 11) is -4.60. The number of nitrogens with two attached hydrogens (primary N) is 1. The average Bonchev–Trinajstić information content (AvgIpc) is 3.81. The smallest absolute Gasteiger partial charge is 0.438 e. The predicted molar refractivity (Wildman–Crippen MR) is 143 cm³/mol. The first kappa shape index (κ1) is 31.3. The number of aliphatic hydroxyl groups is 2. The first-order chi connectivity index (χ1) is 20.7. The number of aromatic nitrogens is 3. The van der Waals surface area contributed by atoms with Gasteiger partial charge in [0.15, 0.2) is 5.82 Å². The summed E-state index contributed by atoms with van der Waals surface area (Å²) in [6.45, 7) is -2.26. The molecule has 5 rings (SSSR count). The van der Waals surface area contributed by atoms with Crippen LogP contribution in [0.1, 0.15) is 57.1 Å². The van der Waals surface area contributed by atoms with Crippen LogP contribution in [0.15, 0.2) is 18.5 Å². The largest absolute Gasteiger partial charge is 0.480 e. The number of phosphoric ester groups is 1. The summed E-state index contributed by atoms with van der Waals surface area (Å²) in [5.74, 6) is -1.50. The number of hydrogen-bond acceptors (Lipinski definition) is 15. The van der Waals surface area contributed by atoms with E-state index >= 15 is 0 Å². The molecule has 2 saturated carbocycles. The van der Waals surface area contributed by atoms with Gasteiger partial charge in [0, 0.05) is 0 Å². The molecule has 16 nitrogen and oxygen atoms in total. The lowest BCUT2D eigenvalue weighted by Gasteiger charge is -2.24. The molecule has 0 bridgehead atoms. The van der Waals surface area contributed by atoms with Crippen molar-refractivity contribution < 1.29 is 52.1 Å². The Kier molecular flexibility index (Phi) is 9.62. The minimum Gasteiger partial charge on any atom is -0.438 e. The van der Waals surface area contributed by atoms with E-state index in [9.17, 15) is 29.6 Å². The highest BCUT2D eigenvalue weighted by Gasteiger charge is 2.58. The van der Waals surface area contributed by atoms with Crippen molar-refractivity contribution in [1.82, 2.24) is 14.6 Å². The molecule has 1 saturated heterocycles. The lowest BCUT2D eigenvalue weighted by molar-refractivity contribution is -0.159. The van der Waals surface area contributed by atoms with Gasteiger partial charge in [-0.3, -0.25) is 14.1 Å². The summed E-state index contributed by atoms with van der Waals surface area (Å²) in [4.78, 5) is 28.5. The minimum absolute atomic E-state index is 0.0569. The molecular weight excluding hydrogens is 589 g/mol. The van der Waals surface area contributed by atoms with Gasteiger partial charge in [0.05, 0.1) is 24.1 Å². The third-order valence-corrected chi connectivity index (χ3v) is 9.39. The number of aliphatic hydroxyl groups excluding tert-OH is 2. The summed E-state index contributed by atoms with van der Waals surface area (Å²) >= 11 is 0. The third kappa shape index (κ3) is 6.53. The SMILES string of the molecule is N#C[C@@]1(c2ccc3c(N)ncnn23)O[C@H](COP(=O)(OCOC(=O)C2CCCC2)OCOC(=O)C2CCCC2)[C@@H](O)[C@H]1O. The molecule has 2 aliphatic carbocycles. The van der Waals surface area contributed by atoms with Gasteiger partial charge in [-0.1, -0.05) is 25.7 Å². The Balaban J connectivity index is 1.26. The average molecular weight is 624 g/mol. The lowest BCUT2D eigenvalue weighted by atomic mass is 9.92. The van der Waals surface area contributed by atoms with E-state index in [1.807, 2.05) is 6.07 Å². The van der Waals surface area contributed by atoms with E-state index in [2.05, 4.69) is 10.1 Å². The van der Waals surface area contributed by atoms with Gasteiger partial charge < -0.3 is 30.2 Å². The van der Waals surface area contributed by atoms with Gasteiger partial charge in [0.2, 0.25) is 19.2 Å². The van der Waals surface area contributed by atoms with Crippen LogP contribution in [0, 0.1) is 23.2 Å². The van der Waals surface area contributed by atoms with E-state index in [1.165, 1.54) is 16.6 Å². The Hall–Kier alpha value is -3.16. The molecule has 0 unspecified atom stereocenters. The molecule has 0 aromatic carbocycles. The second-order valence-electron chi connectivity index (χ2n) is 10.7. The number of esters is 2. The number of ether oxygens (including phenoxy) is 3. The number of anilines is 1. The number of nitriles is 1. The van der Waals surface area contributed by atoms with Crippen LogP contribution in [0.2, 0.25) is 0 Å². The van der Waals surface area contributed by atoms with Crippen LogP contribution in [-0.4, -0.2) is 75.3 Å². The molecule has 4 atom stereocenters. The zero-order valence-electron chi connectivity index (χ0n) is 23.3. The van der Waals surface area contributed by atoms with Crippen molar-refractivity contribution in [2.24, 2.45) is 11.8 Å². The number of rotatable bonds is 12. The highest BCUT2D eigenvalue weighted by molar-refractivity contribution is 7.48. The van der Waals surface area contributed by atoms with Crippen molar-refractivity contribution in [1.29, 1.82) is 5.26 Å². The van der Waals surface area contributed by atoms with Crippen LogP contribution in [0.4, 0.5) is 5.82 Å². The predicted octanol–water partition coefficient (Wildman–Crippen LogP) is 1.69. The molecule has 3 aliphatic rings. The van der Waals surface area contributed by atoms with Crippen molar-refractivity contribution in [3.05, 3.63) is 24.2 Å². The van der Waals surface area contributed by atoms with Crippen molar-refractivity contribution in [2.75, 3.05) is 25.9 Å². The Morgan fingerprint density at radius 1 is 1.05 bits per heavy atom. The zero-order chi connectivity index (χ0) is 30.6. The Labute approximate surface area is 246 Å². The minimum atomic E-state index is -4.60. The van der Waals surface area contributed by atoms with E-state index < -0.39 is 63.9 Å². The first-order valence-corrected chi connectivity index (χ1v) is 15.5. The normalized spacial score (nSPS) is 26.6. The van der Waals surface area contributed by atoms with Crippen LogP contribution in [0.25, 0.3) is 5.52 Å². The fraction of sp³-hybridized carbons (Fsp3) is 0.654. The van der Waals surface area contributed by atoms with E-state index in [-0.39, 0.29) is 23.3 Å². The molecule has 43 heavy (non-hydrogen) atoms. The molecule has 17 heteroatoms. The van der Waals surface area contributed by atoms with E-state index in [1.54, 1.807) is 0 Å². The summed E-state index contributed by atoms with van der Waals surface area (Å²) in [6.07, 6.45) is 2.56. The molecular formula is C26H34N5O11P. The van der Waals surface area contributed by atoms with Crippen LogP contribution in [0.3, 0.4) is 0 Å². The highest BCUT2D eigenvalue weighted by Crippen LogP contribution is 2.51. The standard InChI is InChI=1S/C26H34N5O11P/c27-12-26(20-10-9-18-23(28)29-13-30-31(18)20)22(33)21(32)19(42-26)11-39-43(36,40-14-37-24(34)16-5-1-2-6-16)41-15-38-25(35)17-7-3-4-8-17/h9-10,13,16-17,19,21-22,32-33H,1-8,11,14-15H2,(H2,28,29,30)/t19-,21-,22-,26+/m1/s1. The van der Waals surface area contributed by atoms with Gasteiger partial charge in [-0.25, -0.2) is 23.1 Å². The van der Waals surface area contributed by atoms with Crippen molar-refractivity contribution >= 4 is 31.1 Å². The zero-order valence-corrected chi connectivity index (χ0v) is 24.2. The Bertz CT molecular complexity index is 1370. The maximum atomic E-state index is 13.5.